The van der Waals surface area contributed by atoms with Gasteiger partial charge in [-0.2, -0.15) is 0 Å². The summed E-state index contributed by atoms with van der Waals surface area (Å²) in [6.07, 6.45) is 3.83. The summed E-state index contributed by atoms with van der Waals surface area (Å²) < 4.78 is 0. The predicted octanol–water partition coefficient (Wildman–Crippen LogP) is 2.88. The number of benzene rings is 1. The number of hydrogen-bond acceptors (Lipinski definition) is 2. The van der Waals surface area contributed by atoms with Crippen molar-refractivity contribution in [3.8, 4) is 0 Å². The molecule has 0 unspecified atom stereocenters. The lowest BCUT2D eigenvalue weighted by Crippen LogP contribution is -2.37. The number of rotatable bonds is 5. The second-order valence-corrected chi connectivity index (χ2v) is 5.55. The molecule has 0 aliphatic carbocycles. The molecule has 0 heterocycles. The lowest BCUT2D eigenvalue weighted by Gasteiger charge is -2.24. The maximum Gasteiger partial charge on any atom is 0.0772 e. The molecule has 0 saturated heterocycles. The molecule has 17 heavy (non-hydrogen) atoms. The van der Waals surface area contributed by atoms with Crippen LogP contribution in [0.2, 0.25) is 0 Å². The van der Waals surface area contributed by atoms with E-state index in [9.17, 15) is 5.11 Å². The number of aliphatic hydroxyl groups is 1. The maximum absolute atomic E-state index is 9.65. The molecule has 0 atom stereocenters. The van der Waals surface area contributed by atoms with Crippen LogP contribution in [0.25, 0.3) is 0 Å². The van der Waals surface area contributed by atoms with E-state index in [-0.39, 0.29) is 5.54 Å². The quantitative estimate of drug-likeness (QED) is 0.766. The Morgan fingerprint density at radius 3 is 2.18 bits per heavy atom. The highest BCUT2D eigenvalue weighted by atomic mass is 16.3. The SMILES string of the molecule is CC(C)(O)/C=C/C(C)(C)NCc1ccccc1. The topological polar surface area (TPSA) is 32.3 Å². The van der Waals surface area contributed by atoms with E-state index < -0.39 is 5.60 Å². The molecule has 0 amide bonds. The standard InChI is InChI=1S/C15H23NO/c1-14(2,10-11-15(3,4)17)16-12-13-8-6-5-7-9-13/h5-11,16-17H,12H2,1-4H3/b11-10+. The molecule has 0 bridgehead atoms. The molecule has 94 valence electrons. The molecule has 0 aliphatic rings. The van der Waals surface area contributed by atoms with Crippen molar-refractivity contribution < 1.29 is 5.11 Å². The molecule has 1 rings (SSSR count). The van der Waals surface area contributed by atoms with E-state index in [0.29, 0.717) is 0 Å². The highest BCUT2D eigenvalue weighted by Gasteiger charge is 2.15. The van der Waals surface area contributed by atoms with Crippen molar-refractivity contribution in [2.24, 2.45) is 0 Å². The Morgan fingerprint density at radius 1 is 1.06 bits per heavy atom. The molecule has 0 saturated carbocycles. The second-order valence-electron chi connectivity index (χ2n) is 5.55. The first-order chi connectivity index (χ1) is 7.79. The minimum absolute atomic E-state index is 0.129. The zero-order valence-electron chi connectivity index (χ0n) is 11.2. The van der Waals surface area contributed by atoms with Gasteiger partial charge in [0, 0.05) is 12.1 Å². The highest BCUT2D eigenvalue weighted by Crippen LogP contribution is 2.11. The normalized spacial score (nSPS) is 13.2. The largest absolute Gasteiger partial charge is 0.386 e. The average molecular weight is 233 g/mol. The van der Waals surface area contributed by atoms with Crippen LogP contribution < -0.4 is 5.32 Å². The van der Waals surface area contributed by atoms with Crippen molar-refractivity contribution in [3.05, 3.63) is 48.0 Å². The number of nitrogens with one attached hydrogen (secondary N) is 1. The molecule has 2 N–H and O–H groups in total. The summed E-state index contributed by atoms with van der Waals surface area (Å²) in [6.45, 7) is 8.56. The summed E-state index contributed by atoms with van der Waals surface area (Å²) >= 11 is 0. The van der Waals surface area contributed by atoms with Gasteiger partial charge < -0.3 is 10.4 Å². The fourth-order valence-corrected chi connectivity index (χ4v) is 1.40. The van der Waals surface area contributed by atoms with Crippen LogP contribution in [0.4, 0.5) is 0 Å². The van der Waals surface area contributed by atoms with E-state index in [0.717, 1.165) is 6.54 Å². The molecular weight excluding hydrogens is 210 g/mol. The van der Waals surface area contributed by atoms with Crippen LogP contribution in [0, 0.1) is 0 Å². The van der Waals surface area contributed by atoms with E-state index in [1.165, 1.54) is 5.56 Å². The van der Waals surface area contributed by atoms with Gasteiger partial charge in [0.25, 0.3) is 0 Å². The Bertz CT molecular complexity index is 360. The van der Waals surface area contributed by atoms with Gasteiger partial charge >= 0.3 is 0 Å². The van der Waals surface area contributed by atoms with Crippen LogP contribution in [0.15, 0.2) is 42.5 Å². The van der Waals surface area contributed by atoms with Crippen LogP contribution in [-0.2, 0) is 6.54 Å². The predicted molar refractivity (Wildman–Crippen MR) is 72.8 cm³/mol. The Labute approximate surface area is 104 Å². The van der Waals surface area contributed by atoms with Gasteiger partial charge in [-0.1, -0.05) is 42.5 Å². The van der Waals surface area contributed by atoms with Crippen molar-refractivity contribution in [1.82, 2.24) is 5.32 Å². The van der Waals surface area contributed by atoms with E-state index in [1.54, 1.807) is 13.8 Å². The smallest absolute Gasteiger partial charge is 0.0772 e. The van der Waals surface area contributed by atoms with Gasteiger partial charge in [0.05, 0.1) is 5.60 Å². The molecule has 0 spiro atoms. The minimum Gasteiger partial charge on any atom is -0.386 e. The van der Waals surface area contributed by atoms with Crippen LogP contribution in [-0.4, -0.2) is 16.2 Å². The molecule has 0 aromatic heterocycles. The zero-order valence-corrected chi connectivity index (χ0v) is 11.2. The Hall–Kier alpha value is -1.12. The van der Waals surface area contributed by atoms with Crippen molar-refractivity contribution >= 4 is 0 Å². The van der Waals surface area contributed by atoms with Gasteiger partial charge in [0.2, 0.25) is 0 Å². The molecule has 2 nitrogen and oxygen atoms in total. The summed E-state index contributed by atoms with van der Waals surface area (Å²) in [5.41, 5.74) is 0.374. The number of hydrogen-bond donors (Lipinski definition) is 2. The average Bonchev–Trinajstić information content (AvgIpc) is 2.25. The first kappa shape index (κ1) is 13.9. The third-order valence-corrected chi connectivity index (χ3v) is 2.50. The fourth-order valence-electron chi connectivity index (χ4n) is 1.40. The molecule has 1 aromatic rings. The Kier molecular flexibility index (Phi) is 4.49. The van der Waals surface area contributed by atoms with Crippen LogP contribution in [0.1, 0.15) is 33.3 Å². The van der Waals surface area contributed by atoms with Gasteiger partial charge in [0.1, 0.15) is 0 Å². The van der Waals surface area contributed by atoms with Gasteiger partial charge in [-0.3, -0.25) is 0 Å². The maximum atomic E-state index is 9.65. The van der Waals surface area contributed by atoms with Gasteiger partial charge in [0.15, 0.2) is 0 Å². The second kappa shape index (κ2) is 5.48. The molecule has 0 aliphatic heterocycles. The third-order valence-electron chi connectivity index (χ3n) is 2.50. The Morgan fingerprint density at radius 2 is 1.65 bits per heavy atom. The van der Waals surface area contributed by atoms with Crippen molar-refractivity contribution in [1.29, 1.82) is 0 Å². The van der Waals surface area contributed by atoms with Crippen molar-refractivity contribution in [2.45, 2.75) is 45.4 Å². The van der Waals surface area contributed by atoms with E-state index in [2.05, 4.69) is 31.3 Å². The van der Waals surface area contributed by atoms with E-state index in [4.69, 9.17) is 0 Å². The van der Waals surface area contributed by atoms with Gasteiger partial charge in [-0.15, -0.1) is 0 Å². The van der Waals surface area contributed by atoms with Gasteiger partial charge in [-0.05, 0) is 33.3 Å². The molecule has 0 fully saturated rings. The lowest BCUT2D eigenvalue weighted by atomic mass is 10.00. The molecule has 2 heteroatoms. The first-order valence-corrected chi connectivity index (χ1v) is 6.00. The van der Waals surface area contributed by atoms with Crippen molar-refractivity contribution in [2.75, 3.05) is 0 Å². The van der Waals surface area contributed by atoms with Crippen LogP contribution >= 0.6 is 0 Å². The van der Waals surface area contributed by atoms with E-state index >= 15 is 0 Å². The third kappa shape index (κ3) is 6.25. The summed E-state index contributed by atoms with van der Waals surface area (Å²) in [4.78, 5) is 0. The van der Waals surface area contributed by atoms with Crippen molar-refractivity contribution in [3.63, 3.8) is 0 Å². The van der Waals surface area contributed by atoms with E-state index in [1.807, 2.05) is 30.4 Å². The highest BCUT2D eigenvalue weighted by molar-refractivity contribution is 5.15. The summed E-state index contributed by atoms with van der Waals surface area (Å²) in [5.74, 6) is 0. The minimum atomic E-state index is -0.758. The fraction of sp³-hybridized carbons (Fsp3) is 0.467. The van der Waals surface area contributed by atoms with Gasteiger partial charge in [-0.25, -0.2) is 0 Å². The summed E-state index contributed by atoms with van der Waals surface area (Å²) in [6, 6.07) is 10.3. The molecular formula is C15H23NO. The molecule has 1 aromatic carbocycles. The monoisotopic (exact) mass is 233 g/mol. The zero-order chi connectivity index (χ0) is 12.9. The Balaban J connectivity index is 2.53. The van der Waals surface area contributed by atoms with Crippen LogP contribution in [0.5, 0.6) is 0 Å². The summed E-state index contributed by atoms with van der Waals surface area (Å²) in [5, 5.41) is 13.1. The lowest BCUT2D eigenvalue weighted by molar-refractivity contribution is 0.132. The van der Waals surface area contributed by atoms with Crippen LogP contribution in [0.3, 0.4) is 0 Å². The summed E-state index contributed by atoms with van der Waals surface area (Å²) in [7, 11) is 0. The molecule has 0 radical (unpaired) electrons. The first-order valence-electron chi connectivity index (χ1n) is 6.00.